The smallest absolute Gasteiger partial charge is 0.237 e. The van der Waals surface area contributed by atoms with Crippen molar-refractivity contribution in [1.82, 2.24) is 14.8 Å². The molecule has 0 N–H and O–H groups in total. The molecule has 0 saturated carbocycles. The summed E-state index contributed by atoms with van der Waals surface area (Å²) in [6.07, 6.45) is 2.83. The van der Waals surface area contributed by atoms with E-state index in [1.54, 1.807) is 22.7 Å². The highest BCUT2D eigenvalue weighted by molar-refractivity contribution is 7.13. The van der Waals surface area contributed by atoms with Gasteiger partial charge in [0.25, 0.3) is 0 Å². The summed E-state index contributed by atoms with van der Waals surface area (Å²) in [7, 11) is 0. The second kappa shape index (κ2) is 7.94. The van der Waals surface area contributed by atoms with Crippen molar-refractivity contribution in [3.63, 3.8) is 0 Å². The van der Waals surface area contributed by atoms with Gasteiger partial charge in [-0.15, -0.1) is 34.0 Å². The van der Waals surface area contributed by atoms with Crippen molar-refractivity contribution < 1.29 is 4.79 Å². The summed E-state index contributed by atoms with van der Waals surface area (Å²) in [5.74, 6) is 0.248. The average molecular weight is 431 g/mol. The second-order valence-electron chi connectivity index (χ2n) is 7.13. The third-order valence-electron chi connectivity index (χ3n) is 5.52. The Labute approximate surface area is 176 Å². The molecule has 0 spiro atoms. The van der Waals surface area contributed by atoms with Gasteiger partial charge in [0.15, 0.2) is 5.13 Å². The Morgan fingerprint density at radius 1 is 1.04 bits per heavy atom. The molecule has 0 radical (unpaired) electrons. The third kappa shape index (κ3) is 3.50. The van der Waals surface area contributed by atoms with E-state index in [1.165, 1.54) is 15.3 Å². The lowest BCUT2D eigenvalue weighted by Gasteiger charge is -2.38. The minimum atomic E-state index is 0.0825. The number of fused-ring (bicyclic) bond motifs is 1. The van der Waals surface area contributed by atoms with Crippen molar-refractivity contribution in [3.05, 3.63) is 55.9 Å². The summed E-state index contributed by atoms with van der Waals surface area (Å²) in [5, 5.41) is 7.38. The molecule has 1 atom stereocenters. The van der Waals surface area contributed by atoms with Crippen molar-refractivity contribution in [2.75, 3.05) is 44.2 Å². The summed E-state index contributed by atoms with van der Waals surface area (Å²) in [6, 6.07) is 6.53. The molecule has 8 heteroatoms. The number of carbonyl (C=O) groups excluding carboxylic acids is 1. The lowest BCUT2D eigenvalue weighted by Crippen LogP contribution is -2.51. The number of nitrogens with zero attached hydrogens (tertiary/aromatic N) is 4. The van der Waals surface area contributed by atoms with Gasteiger partial charge in [-0.2, -0.15) is 0 Å². The van der Waals surface area contributed by atoms with E-state index in [0.29, 0.717) is 6.54 Å². The Balaban J connectivity index is 1.27. The Hall–Kier alpha value is -1.74. The first-order valence-corrected chi connectivity index (χ1v) is 12.2. The fourth-order valence-corrected chi connectivity index (χ4v) is 6.55. The predicted octanol–water partition coefficient (Wildman–Crippen LogP) is 3.56. The lowest BCUT2D eigenvalue weighted by molar-refractivity contribution is -0.134. The molecule has 0 aliphatic carbocycles. The first-order chi connectivity index (χ1) is 13.8. The molecule has 1 amide bonds. The Kier molecular flexibility index (Phi) is 5.19. The molecule has 28 heavy (non-hydrogen) atoms. The van der Waals surface area contributed by atoms with Crippen LogP contribution < -0.4 is 4.90 Å². The van der Waals surface area contributed by atoms with Gasteiger partial charge in [0.05, 0.1) is 12.6 Å². The van der Waals surface area contributed by atoms with Crippen molar-refractivity contribution >= 4 is 45.0 Å². The molecule has 3 aromatic heterocycles. The quantitative estimate of drug-likeness (QED) is 0.635. The van der Waals surface area contributed by atoms with E-state index in [4.69, 9.17) is 0 Å². The van der Waals surface area contributed by atoms with E-state index in [-0.39, 0.29) is 11.9 Å². The number of hydrogen-bond donors (Lipinski definition) is 0. The Bertz CT molecular complexity index is 913. The van der Waals surface area contributed by atoms with Gasteiger partial charge in [0, 0.05) is 54.1 Å². The first-order valence-electron chi connectivity index (χ1n) is 9.55. The minimum Gasteiger partial charge on any atom is -0.346 e. The maximum atomic E-state index is 13.3. The second-order valence-corrected chi connectivity index (χ2v) is 9.99. The molecule has 3 aromatic rings. The maximum absolute atomic E-state index is 13.3. The van der Waals surface area contributed by atoms with Crippen LogP contribution in [-0.2, 0) is 11.2 Å². The van der Waals surface area contributed by atoms with E-state index in [1.807, 2.05) is 22.9 Å². The zero-order valence-corrected chi connectivity index (χ0v) is 17.9. The van der Waals surface area contributed by atoms with Gasteiger partial charge in [-0.25, -0.2) is 4.98 Å². The van der Waals surface area contributed by atoms with Crippen LogP contribution in [0, 0.1) is 0 Å². The number of thiazole rings is 1. The number of piperazine rings is 1. The maximum Gasteiger partial charge on any atom is 0.237 e. The molecule has 0 aromatic carbocycles. The monoisotopic (exact) mass is 430 g/mol. The Morgan fingerprint density at radius 3 is 2.68 bits per heavy atom. The highest BCUT2D eigenvalue weighted by Crippen LogP contribution is 2.39. The molecule has 5 nitrogen and oxygen atoms in total. The predicted molar refractivity (Wildman–Crippen MR) is 117 cm³/mol. The summed E-state index contributed by atoms with van der Waals surface area (Å²) in [4.78, 5) is 27.1. The van der Waals surface area contributed by atoms with Gasteiger partial charge >= 0.3 is 0 Å². The van der Waals surface area contributed by atoms with Gasteiger partial charge in [-0.05, 0) is 34.9 Å². The zero-order valence-electron chi connectivity index (χ0n) is 15.5. The number of thiophene rings is 2. The summed E-state index contributed by atoms with van der Waals surface area (Å²) >= 11 is 5.25. The highest BCUT2D eigenvalue weighted by atomic mass is 32.1. The van der Waals surface area contributed by atoms with E-state index in [2.05, 4.69) is 48.6 Å². The topological polar surface area (TPSA) is 39.7 Å². The SMILES string of the molecule is O=C(CN1CCN(c2nccs2)CC1)N1CCc2sccc2[C@@H]1c1cccs1. The molecule has 146 valence electrons. The van der Waals surface area contributed by atoms with Crippen LogP contribution in [0.15, 0.2) is 40.5 Å². The van der Waals surface area contributed by atoms with Crippen molar-refractivity contribution in [2.24, 2.45) is 0 Å². The standard InChI is InChI=1S/C20H22N4OS3/c25-18(14-22-7-9-23(10-8-22)20-21-5-13-28-20)24-6-3-16-15(4-12-27-16)19(24)17-2-1-11-26-17/h1-2,4-5,11-13,19H,3,6-10,14H2/t19-/m1/s1. The van der Waals surface area contributed by atoms with Gasteiger partial charge in [-0.1, -0.05) is 6.07 Å². The van der Waals surface area contributed by atoms with Gasteiger partial charge in [0.2, 0.25) is 5.91 Å². The number of hydrogen-bond acceptors (Lipinski definition) is 7. The van der Waals surface area contributed by atoms with Crippen LogP contribution in [0.4, 0.5) is 5.13 Å². The molecular formula is C20H22N4OS3. The van der Waals surface area contributed by atoms with Crippen LogP contribution in [-0.4, -0.2) is 60.0 Å². The van der Waals surface area contributed by atoms with Crippen LogP contribution in [0.2, 0.25) is 0 Å². The molecule has 1 fully saturated rings. The largest absolute Gasteiger partial charge is 0.346 e. The number of carbonyl (C=O) groups is 1. The molecule has 2 aliphatic heterocycles. The molecular weight excluding hydrogens is 408 g/mol. The third-order valence-corrected chi connectivity index (χ3v) is 8.27. The first kappa shape index (κ1) is 18.3. The molecule has 1 saturated heterocycles. The van der Waals surface area contributed by atoms with Crippen molar-refractivity contribution in [3.8, 4) is 0 Å². The number of rotatable bonds is 4. The zero-order chi connectivity index (χ0) is 18.9. The fraction of sp³-hybridized carbons (Fsp3) is 0.400. The van der Waals surface area contributed by atoms with Gasteiger partial charge < -0.3 is 9.80 Å². The molecule has 5 heterocycles. The van der Waals surface area contributed by atoms with Gasteiger partial charge in [0.1, 0.15) is 0 Å². The number of aromatic nitrogens is 1. The molecule has 0 unspecified atom stereocenters. The van der Waals surface area contributed by atoms with Gasteiger partial charge in [-0.3, -0.25) is 9.69 Å². The summed E-state index contributed by atoms with van der Waals surface area (Å²) in [6.45, 7) is 5.01. The van der Waals surface area contributed by atoms with E-state index in [9.17, 15) is 4.79 Å². The van der Waals surface area contributed by atoms with E-state index < -0.39 is 0 Å². The summed E-state index contributed by atoms with van der Waals surface area (Å²) in [5.41, 5.74) is 1.32. The lowest BCUT2D eigenvalue weighted by atomic mass is 9.98. The molecule has 0 bridgehead atoms. The molecule has 2 aliphatic rings. The van der Waals surface area contributed by atoms with Crippen LogP contribution in [0.1, 0.15) is 21.4 Å². The molecule has 5 rings (SSSR count). The van der Waals surface area contributed by atoms with Crippen LogP contribution in [0.25, 0.3) is 0 Å². The normalized spacial score (nSPS) is 20.4. The van der Waals surface area contributed by atoms with E-state index >= 15 is 0 Å². The fourth-order valence-electron chi connectivity index (χ4n) is 4.09. The number of amides is 1. The minimum absolute atomic E-state index is 0.0825. The van der Waals surface area contributed by atoms with Crippen LogP contribution in [0.3, 0.4) is 0 Å². The van der Waals surface area contributed by atoms with Crippen molar-refractivity contribution in [1.29, 1.82) is 0 Å². The Morgan fingerprint density at radius 2 is 1.93 bits per heavy atom. The highest BCUT2D eigenvalue weighted by Gasteiger charge is 2.34. The van der Waals surface area contributed by atoms with Crippen LogP contribution in [0.5, 0.6) is 0 Å². The van der Waals surface area contributed by atoms with Crippen molar-refractivity contribution in [2.45, 2.75) is 12.5 Å². The van der Waals surface area contributed by atoms with Crippen LogP contribution >= 0.6 is 34.0 Å². The summed E-state index contributed by atoms with van der Waals surface area (Å²) < 4.78 is 0. The average Bonchev–Trinajstić information content (AvgIpc) is 3.50. The number of anilines is 1. The van der Waals surface area contributed by atoms with E-state index in [0.717, 1.165) is 44.3 Å².